The van der Waals surface area contributed by atoms with Crippen molar-refractivity contribution in [3.63, 3.8) is 0 Å². The van der Waals surface area contributed by atoms with Crippen LogP contribution in [0.25, 0.3) is 0 Å². The highest BCUT2D eigenvalue weighted by Gasteiger charge is 2.17. The molecule has 1 aliphatic rings. The maximum atomic E-state index is 12.2. The van der Waals surface area contributed by atoms with Gasteiger partial charge in [0.15, 0.2) is 0 Å². The summed E-state index contributed by atoms with van der Waals surface area (Å²) in [6.07, 6.45) is 0. The fourth-order valence-electron chi connectivity index (χ4n) is 3.69. The molecule has 1 saturated heterocycles. The lowest BCUT2D eigenvalue weighted by atomic mass is 10.1. The Morgan fingerprint density at radius 1 is 1.00 bits per heavy atom. The summed E-state index contributed by atoms with van der Waals surface area (Å²) >= 11 is 0. The van der Waals surface area contributed by atoms with Gasteiger partial charge in [-0.05, 0) is 24.6 Å². The molecular weight excluding hydrogens is 410 g/mol. The van der Waals surface area contributed by atoms with Crippen molar-refractivity contribution in [2.45, 2.75) is 13.5 Å². The predicted octanol–water partition coefficient (Wildman–Crippen LogP) is 1.57. The van der Waals surface area contributed by atoms with Crippen LogP contribution in [-0.2, 0) is 11.3 Å². The molecule has 0 atom stereocenters. The van der Waals surface area contributed by atoms with Gasteiger partial charge in [0.1, 0.15) is 0 Å². The van der Waals surface area contributed by atoms with Gasteiger partial charge in [-0.15, -0.1) is 0 Å². The molecule has 2 aromatic rings. The van der Waals surface area contributed by atoms with Gasteiger partial charge >= 0.3 is 0 Å². The number of nitro benzene ring substituents is 1. The second kappa shape index (κ2) is 11.4. The SMILES string of the molecule is Cc1cc(C(=O)NCC(=O)NCCN2CCN(Cc3ccccc3)CC2)ccc1[N+](=O)[O-]. The highest BCUT2D eigenvalue weighted by molar-refractivity contribution is 5.96. The van der Waals surface area contributed by atoms with Crippen molar-refractivity contribution in [3.8, 4) is 0 Å². The van der Waals surface area contributed by atoms with E-state index in [-0.39, 0.29) is 23.7 Å². The molecule has 1 fully saturated rings. The topological polar surface area (TPSA) is 108 Å². The Bertz CT molecular complexity index is 943. The van der Waals surface area contributed by atoms with Gasteiger partial charge in [0.25, 0.3) is 11.6 Å². The molecule has 0 unspecified atom stereocenters. The van der Waals surface area contributed by atoms with E-state index in [1.807, 2.05) is 6.07 Å². The first-order valence-corrected chi connectivity index (χ1v) is 10.7. The number of hydrogen-bond acceptors (Lipinski definition) is 6. The van der Waals surface area contributed by atoms with Crippen LogP contribution < -0.4 is 10.6 Å². The summed E-state index contributed by atoms with van der Waals surface area (Å²) in [4.78, 5) is 39.4. The lowest BCUT2D eigenvalue weighted by Gasteiger charge is -2.34. The van der Waals surface area contributed by atoms with E-state index >= 15 is 0 Å². The van der Waals surface area contributed by atoms with Gasteiger partial charge in [0.2, 0.25) is 5.91 Å². The number of benzene rings is 2. The van der Waals surface area contributed by atoms with Crippen molar-refractivity contribution in [2.75, 3.05) is 45.8 Å². The molecule has 0 saturated carbocycles. The zero-order valence-corrected chi connectivity index (χ0v) is 18.3. The van der Waals surface area contributed by atoms with Gasteiger partial charge < -0.3 is 10.6 Å². The fourth-order valence-corrected chi connectivity index (χ4v) is 3.69. The van der Waals surface area contributed by atoms with Gasteiger partial charge in [-0.1, -0.05) is 30.3 Å². The number of nitrogens with one attached hydrogen (secondary N) is 2. The lowest BCUT2D eigenvalue weighted by Crippen LogP contribution is -2.48. The van der Waals surface area contributed by atoms with Gasteiger partial charge in [0, 0.05) is 63.0 Å². The molecule has 0 aliphatic carbocycles. The minimum atomic E-state index is -0.492. The summed E-state index contributed by atoms with van der Waals surface area (Å²) < 4.78 is 0. The third kappa shape index (κ3) is 6.86. The predicted molar refractivity (Wildman–Crippen MR) is 121 cm³/mol. The fraction of sp³-hybridized carbons (Fsp3) is 0.391. The Kier molecular flexibility index (Phi) is 8.29. The first-order valence-electron chi connectivity index (χ1n) is 10.7. The molecule has 0 aromatic heterocycles. The molecule has 0 spiro atoms. The number of nitro groups is 1. The quantitative estimate of drug-likeness (QED) is 0.454. The van der Waals surface area contributed by atoms with Crippen LogP contribution >= 0.6 is 0 Å². The molecule has 3 rings (SSSR count). The second-order valence-electron chi connectivity index (χ2n) is 7.89. The average Bonchev–Trinajstić information content (AvgIpc) is 2.79. The molecule has 0 radical (unpaired) electrons. The molecule has 2 aromatic carbocycles. The Morgan fingerprint density at radius 3 is 2.34 bits per heavy atom. The molecule has 9 nitrogen and oxygen atoms in total. The lowest BCUT2D eigenvalue weighted by molar-refractivity contribution is -0.385. The highest BCUT2D eigenvalue weighted by Crippen LogP contribution is 2.18. The van der Waals surface area contributed by atoms with E-state index in [9.17, 15) is 19.7 Å². The number of rotatable bonds is 9. The minimum Gasteiger partial charge on any atom is -0.353 e. The molecule has 1 heterocycles. The smallest absolute Gasteiger partial charge is 0.272 e. The molecular formula is C23H29N5O4. The summed E-state index contributed by atoms with van der Waals surface area (Å²) in [6, 6.07) is 14.6. The van der Waals surface area contributed by atoms with Crippen LogP contribution in [0, 0.1) is 17.0 Å². The maximum absolute atomic E-state index is 12.2. The van der Waals surface area contributed by atoms with Crippen LogP contribution in [-0.4, -0.2) is 72.4 Å². The number of piperazine rings is 1. The molecule has 9 heteroatoms. The van der Waals surface area contributed by atoms with Crippen molar-refractivity contribution < 1.29 is 14.5 Å². The number of aryl methyl sites for hydroxylation is 1. The average molecular weight is 440 g/mol. The van der Waals surface area contributed by atoms with Crippen LogP contribution in [0.4, 0.5) is 5.69 Å². The molecule has 170 valence electrons. The first kappa shape index (κ1) is 23.4. The van der Waals surface area contributed by atoms with Crippen LogP contribution in [0.15, 0.2) is 48.5 Å². The summed E-state index contributed by atoms with van der Waals surface area (Å²) in [5.74, 6) is -0.701. The first-order chi connectivity index (χ1) is 15.4. The summed E-state index contributed by atoms with van der Waals surface area (Å²) in [7, 11) is 0. The third-order valence-electron chi connectivity index (χ3n) is 5.53. The van der Waals surface area contributed by atoms with E-state index in [0.29, 0.717) is 12.1 Å². The van der Waals surface area contributed by atoms with Crippen molar-refractivity contribution in [2.24, 2.45) is 0 Å². The largest absolute Gasteiger partial charge is 0.353 e. The Morgan fingerprint density at radius 2 is 1.69 bits per heavy atom. The Hall–Kier alpha value is -3.30. The van der Waals surface area contributed by atoms with Crippen molar-refractivity contribution in [3.05, 3.63) is 75.3 Å². The van der Waals surface area contributed by atoms with E-state index in [0.717, 1.165) is 39.3 Å². The monoisotopic (exact) mass is 439 g/mol. The maximum Gasteiger partial charge on any atom is 0.272 e. The van der Waals surface area contributed by atoms with Crippen LogP contribution in [0.5, 0.6) is 0 Å². The van der Waals surface area contributed by atoms with Crippen LogP contribution in [0.2, 0.25) is 0 Å². The summed E-state index contributed by atoms with van der Waals surface area (Å²) in [5.41, 5.74) is 1.96. The van der Waals surface area contributed by atoms with Crippen LogP contribution in [0.1, 0.15) is 21.5 Å². The number of carbonyl (C=O) groups is 2. The van der Waals surface area contributed by atoms with Gasteiger partial charge in [-0.3, -0.25) is 29.5 Å². The van der Waals surface area contributed by atoms with E-state index in [4.69, 9.17) is 0 Å². The molecule has 0 bridgehead atoms. The molecule has 2 amide bonds. The second-order valence-corrected chi connectivity index (χ2v) is 7.89. The van der Waals surface area contributed by atoms with Gasteiger partial charge in [0.05, 0.1) is 11.5 Å². The summed E-state index contributed by atoms with van der Waals surface area (Å²) in [5, 5.41) is 16.2. The Labute approximate surface area is 187 Å². The molecule has 2 N–H and O–H groups in total. The number of carbonyl (C=O) groups excluding carboxylic acids is 2. The molecule has 32 heavy (non-hydrogen) atoms. The summed E-state index contributed by atoms with van der Waals surface area (Å²) in [6.45, 7) is 7.58. The normalized spacial score (nSPS) is 14.7. The van der Waals surface area contributed by atoms with Crippen molar-refractivity contribution >= 4 is 17.5 Å². The van der Waals surface area contributed by atoms with E-state index in [1.54, 1.807) is 6.92 Å². The standard InChI is InChI=1S/C23H29N5O4/c1-18-15-20(7-8-21(18)28(31)32)23(30)25-16-22(29)24-9-10-26-11-13-27(14-12-26)17-19-5-3-2-4-6-19/h2-8,15H,9-14,16-17H2,1H3,(H,24,29)(H,25,30). The number of nitrogens with zero attached hydrogens (tertiary/aromatic N) is 3. The van der Waals surface area contributed by atoms with Crippen LogP contribution in [0.3, 0.4) is 0 Å². The Balaban J connectivity index is 1.31. The van der Waals surface area contributed by atoms with Gasteiger partial charge in [-0.25, -0.2) is 0 Å². The third-order valence-corrected chi connectivity index (χ3v) is 5.53. The van der Waals surface area contributed by atoms with E-state index in [2.05, 4.69) is 44.7 Å². The van der Waals surface area contributed by atoms with Crippen molar-refractivity contribution in [1.82, 2.24) is 20.4 Å². The van der Waals surface area contributed by atoms with E-state index < -0.39 is 10.8 Å². The zero-order valence-electron chi connectivity index (χ0n) is 18.3. The van der Waals surface area contributed by atoms with E-state index in [1.165, 1.54) is 23.8 Å². The zero-order chi connectivity index (χ0) is 22.9. The molecule has 1 aliphatic heterocycles. The van der Waals surface area contributed by atoms with Gasteiger partial charge in [-0.2, -0.15) is 0 Å². The van der Waals surface area contributed by atoms with Crippen molar-refractivity contribution in [1.29, 1.82) is 0 Å². The minimum absolute atomic E-state index is 0.0415. The highest BCUT2D eigenvalue weighted by atomic mass is 16.6. The number of amides is 2. The number of hydrogen-bond donors (Lipinski definition) is 2.